The Morgan fingerprint density at radius 1 is 0.864 bits per heavy atom. The van der Waals surface area contributed by atoms with Gasteiger partial charge in [-0.2, -0.15) is 0 Å². The third-order valence-corrected chi connectivity index (χ3v) is 3.10. The number of aromatic nitrogens is 2. The molecule has 2 N–H and O–H groups in total. The van der Waals surface area contributed by atoms with Gasteiger partial charge in [-0.1, -0.05) is 18.2 Å². The molecule has 0 atom stereocenters. The lowest BCUT2D eigenvalue weighted by Crippen LogP contribution is -2.45. The van der Waals surface area contributed by atoms with Crippen molar-refractivity contribution in [2.75, 3.05) is 0 Å². The number of nitrogens with one attached hydrogen (secondary N) is 2. The van der Waals surface area contributed by atoms with E-state index >= 15 is 0 Å². The first-order valence-electron chi connectivity index (χ1n) is 6.65. The van der Waals surface area contributed by atoms with E-state index in [4.69, 9.17) is 8.83 Å². The van der Waals surface area contributed by atoms with Crippen LogP contribution in [0.2, 0.25) is 0 Å². The van der Waals surface area contributed by atoms with Gasteiger partial charge in [0.25, 0.3) is 5.56 Å². The molecule has 3 aromatic rings. The zero-order chi connectivity index (χ0) is 15.5. The summed E-state index contributed by atoms with van der Waals surface area (Å²) in [5.74, 6) is -1.09. The Kier molecular flexibility index (Phi) is 3.61. The number of hydrogen-bond donors (Lipinski definition) is 2. The predicted molar refractivity (Wildman–Crippen MR) is 79.8 cm³/mol. The molecule has 0 amide bonds. The van der Waals surface area contributed by atoms with Crippen molar-refractivity contribution in [3.63, 3.8) is 0 Å². The molecule has 0 radical (unpaired) electrons. The van der Waals surface area contributed by atoms with Crippen LogP contribution >= 0.6 is 0 Å². The molecular weight excluding hydrogens is 288 g/mol. The van der Waals surface area contributed by atoms with Gasteiger partial charge in [-0.15, -0.1) is 0 Å². The number of aromatic amines is 2. The third kappa shape index (κ3) is 2.83. The topological polar surface area (TPSA) is 109 Å². The Balaban J connectivity index is 0.000000133. The second kappa shape index (κ2) is 5.72. The minimum absolute atomic E-state index is 0.364. The molecule has 0 spiro atoms. The molecule has 1 aliphatic carbocycles. The number of H-pyrrole nitrogens is 2. The Morgan fingerprint density at radius 2 is 1.59 bits per heavy atom. The Bertz CT molecular complexity index is 1060. The molecule has 7 heteroatoms. The lowest BCUT2D eigenvalue weighted by Gasteiger charge is -1.95. The molecule has 0 unspecified atom stereocenters. The SMILES string of the molecule is O=c1[nH]c(=O)c2c(o1)=CCCC=2.O=c1[nH]c2ccccc2o1. The van der Waals surface area contributed by atoms with Crippen LogP contribution in [0.3, 0.4) is 0 Å². The van der Waals surface area contributed by atoms with Crippen molar-refractivity contribution in [1.29, 1.82) is 0 Å². The molecule has 0 aliphatic heterocycles. The van der Waals surface area contributed by atoms with Crippen molar-refractivity contribution in [2.45, 2.75) is 12.8 Å². The average Bonchev–Trinajstić information content (AvgIpc) is 2.88. The van der Waals surface area contributed by atoms with Gasteiger partial charge >= 0.3 is 11.5 Å². The van der Waals surface area contributed by atoms with E-state index in [9.17, 15) is 14.4 Å². The van der Waals surface area contributed by atoms with Crippen molar-refractivity contribution in [1.82, 2.24) is 9.97 Å². The number of oxazole rings is 1. The van der Waals surface area contributed by atoms with Gasteiger partial charge < -0.3 is 8.83 Å². The zero-order valence-corrected chi connectivity index (χ0v) is 11.4. The van der Waals surface area contributed by atoms with Crippen LogP contribution in [0.4, 0.5) is 0 Å². The Hall–Kier alpha value is -3.09. The van der Waals surface area contributed by atoms with E-state index in [2.05, 4.69) is 9.97 Å². The van der Waals surface area contributed by atoms with Crippen molar-refractivity contribution in [3.8, 4) is 0 Å². The number of fused-ring (bicyclic) bond motifs is 2. The van der Waals surface area contributed by atoms with E-state index in [1.807, 2.05) is 12.1 Å². The minimum atomic E-state index is -0.690. The van der Waals surface area contributed by atoms with Crippen LogP contribution < -0.4 is 27.7 Å². The Labute approximate surface area is 122 Å². The summed E-state index contributed by atoms with van der Waals surface area (Å²) >= 11 is 0. The first-order valence-corrected chi connectivity index (χ1v) is 6.65. The summed E-state index contributed by atoms with van der Waals surface area (Å²) in [7, 11) is 0. The minimum Gasteiger partial charge on any atom is -0.410 e. The van der Waals surface area contributed by atoms with Crippen LogP contribution in [0.15, 0.2) is 47.5 Å². The fraction of sp³-hybridized carbons (Fsp3) is 0.133. The number of hydrogen-bond acceptors (Lipinski definition) is 5. The molecule has 22 heavy (non-hydrogen) atoms. The van der Waals surface area contributed by atoms with E-state index in [0.29, 0.717) is 16.2 Å². The first-order chi connectivity index (χ1) is 10.6. The van der Waals surface area contributed by atoms with E-state index < -0.39 is 11.5 Å². The summed E-state index contributed by atoms with van der Waals surface area (Å²) in [6.07, 6.45) is 5.17. The molecule has 4 rings (SSSR count). The predicted octanol–water partition coefficient (Wildman–Crippen LogP) is -0.196. The highest BCUT2D eigenvalue weighted by molar-refractivity contribution is 5.71. The lowest BCUT2D eigenvalue weighted by molar-refractivity contribution is 0.441. The van der Waals surface area contributed by atoms with Crippen molar-refractivity contribution in [2.24, 2.45) is 0 Å². The average molecular weight is 300 g/mol. The highest BCUT2D eigenvalue weighted by Gasteiger charge is 2.00. The number of rotatable bonds is 0. The molecule has 7 nitrogen and oxygen atoms in total. The van der Waals surface area contributed by atoms with Crippen LogP contribution in [-0.4, -0.2) is 9.97 Å². The van der Waals surface area contributed by atoms with Crippen LogP contribution in [0.1, 0.15) is 12.8 Å². The van der Waals surface area contributed by atoms with Crippen LogP contribution in [0.5, 0.6) is 0 Å². The molecule has 0 bridgehead atoms. The van der Waals surface area contributed by atoms with Gasteiger partial charge in [0.15, 0.2) is 5.58 Å². The van der Waals surface area contributed by atoms with E-state index in [1.165, 1.54) is 0 Å². The second-order valence-corrected chi connectivity index (χ2v) is 4.62. The van der Waals surface area contributed by atoms with E-state index in [-0.39, 0.29) is 5.56 Å². The standard InChI is InChI=1S/C8H7NO3.C7H5NO2/c10-7-5-3-1-2-4-6(5)12-8(11)9-7;9-7-8-5-3-1-2-4-6(5)10-7/h3-4H,1-2H2,(H,9,10,11);1-4H,(H,8,9). The number of para-hydroxylation sites is 2. The first kappa shape index (κ1) is 13.9. The van der Waals surface area contributed by atoms with E-state index in [1.54, 1.807) is 24.3 Å². The fourth-order valence-electron chi connectivity index (χ4n) is 2.13. The normalized spacial score (nSPS) is 12.5. The summed E-state index contributed by atoms with van der Waals surface area (Å²) in [6.45, 7) is 0. The third-order valence-electron chi connectivity index (χ3n) is 3.10. The van der Waals surface area contributed by atoms with E-state index in [0.717, 1.165) is 18.4 Å². The molecule has 112 valence electrons. The fourth-order valence-corrected chi connectivity index (χ4v) is 2.13. The summed E-state index contributed by atoms with van der Waals surface area (Å²) in [4.78, 5) is 37.0. The zero-order valence-electron chi connectivity index (χ0n) is 11.4. The van der Waals surface area contributed by atoms with Gasteiger partial charge in [0, 0.05) is 0 Å². The lowest BCUT2D eigenvalue weighted by atomic mass is 10.2. The molecular formula is C15H12N2O5. The van der Waals surface area contributed by atoms with Crippen LogP contribution in [0.25, 0.3) is 23.3 Å². The molecule has 0 saturated carbocycles. The Morgan fingerprint density at radius 3 is 2.41 bits per heavy atom. The second-order valence-electron chi connectivity index (χ2n) is 4.62. The van der Waals surface area contributed by atoms with Gasteiger partial charge in [0.2, 0.25) is 0 Å². The summed E-state index contributed by atoms with van der Waals surface area (Å²) in [5.41, 5.74) is 1.38. The van der Waals surface area contributed by atoms with Gasteiger partial charge in [0.05, 0.1) is 10.7 Å². The highest BCUT2D eigenvalue weighted by atomic mass is 16.4. The van der Waals surface area contributed by atoms with Crippen molar-refractivity contribution in [3.05, 3.63) is 66.4 Å². The van der Waals surface area contributed by atoms with Gasteiger partial charge in [-0.3, -0.25) is 14.8 Å². The summed E-state index contributed by atoms with van der Waals surface area (Å²) < 4.78 is 9.54. The van der Waals surface area contributed by atoms with Gasteiger partial charge in [-0.25, -0.2) is 9.59 Å². The summed E-state index contributed by atoms with van der Waals surface area (Å²) in [5, 5.41) is 0.473. The van der Waals surface area contributed by atoms with Crippen LogP contribution in [-0.2, 0) is 0 Å². The van der Waals surface area contributed by atoms with Gasteiger partial charge in [0.1, 0.15) is 5.42 Å². The maximum absolute atomic E-state index is 11.1. The largest absolute Gasteiger partial charge is 0.419 e. The quantitative estimate of drug-likeness (QED) is 0.598. The molecule has 1 aromatic carbocycles. The van der Waals surface area contributed by atoms with Gasteiger partial charge in [-0.05, 0) is 31.1 Å². The van der Waals surface area contributed by atoms with Crippen molar-refractivity contribution < 1.29 is 8.83 Å². The smallest absolute Gasteiger partial charge is 0.410 e. The van der Waals surface area contributed by atoms with Crippen LogP contribution in [0, 0.1) is 0 Å². The molecule has 0 saturated heterocycles. The maximum atomic E-state index is 11.1. The molecule has 0 fully saturated rings. The molecule has 2 heterocycles. The monoisotopic (exact) mass is 300 g/mol. The highest BCUT2D eigenvalue weighted by Crippen LogP contribution is 2.06. The summed E-state index contributed by atoms with van der Waals surface area (Å²) in [6, 6.07) is 7.19. The maximum Gasteiger partial charge on any atom is 0.419 e. The van der Waals surface area contributed by atoms with Crippen molar-refractivity contribution >= 4 is 23.3 Å². The molecule has 1 aliphatic rings. The number of benzene rings is 1. The molecule has 2 aromatic heterocycles.